The Morgan fingerprint density at radius 2 is 1.74 bits per heavy atom. The van der Waals surface area contributed by atoms with Gasteiger partial charge in [0.05, 0.1) is 12.1 Å². The molecule has 0 radical (unpaired) electrons. The molecule has 1 heterocycles. The molecule has 0 N–H and O–H groups in total. The number of carbonyl (C=O) groups is 3. The van der Waals surface area contributed by atoms with Gasteiger partial charge in [0.2, 0.25) is 0 Å². The van der Waals surface area contributed by atoms with Crippen molar-refractivity contribution >= 4 is 17.6 Å². The predicted octanol–water partition coefficient (Wildman–Crippen LogP) is 3.65. The number of amides is 2. The fourth-order valence-electron chi connectivity index (χ4n) is 3.17. The van der Waals surface area contributed by atoms with E-state index >= 15 is 0 Å². The minimum absolute atomic E-state index is 0.00431. The molecular weight excluding hydrogens is 401 g/mol. The molecule has 1 aliphatic rings. The predicted molar refractivity (Wildman–Crippen MR) is 109 cm³/mol. The van der Waals surface area contributed by atoms with Crippen LogP contribution < -0.4 is 9.47 Å². The summed E-state index contributed by atoms with van der Waals surface area (Å²) in [5.41, 5.74) is 1.10. The minimum Gasteiger partial charge on any atom is -0.486 e. The Labute approximate surface area is 177 Å². The molecule has 3 aromatic rings. The van der Waals surface area contributed by atoms with Crippen molar-refractivity contribution in [2.75, 3.05) is 13.2 Å². The molecule has 3 aromatic carbocycles. The monoisotopic (exact) mass is 419 g/mol. The largest absolute Gasteiger partial charge is 0.486 e. The van der Waals surface area contributed by atoms with Crippen molar-refractivity contribution < 1.29 is 28.2 Å². The number of Topliss-reactive ketones (excluding diaryl/α,β-unsaturated/α-hetero) is 1. The van der Waals surface area contributed by atoms with Crippen LogP contribution in [0.2, 0.25) is 0 Å². The lowest BCUT2D eigenvalue weighted by Crippen LogP contribution is -2.41. The van der Waals surface area contributed by atoms with Crippen LogP contribution >= 0.6 is 0 Å². The van der Waals surface area contributed by atoms with Gasteiger partial charge in [0.15, 0.2) is 24.0 Å². The van der Waals surface area contributed by atoms with Crippen LogP contribution in [0.15, 0.2) is 72.8 Å². The van der Waals surface area contributed by atoms with Crippen molar-refractivity contribution in [3.63, 3.8) is 0 Å². The summed E-state index contributed by atoms with van der Waals surface area (Å²) in [4.78, 5) is 38.6. The topological polar surface area (TPSA) is 72.9 Å². The van der Waals surface area contributed by atoms with Gasteiger partial charge >= 0.3 is 0 Å². The third-order valence-electron chi connectivity index (χ3n) is 4.81. The van der Waals surface area contributed by atoms with Crippen LogP contribution in [0.5, 0.6) is 11.5 Å². The van der Waals surface area contributed by atoms with Crippen LogP contribution in [0.3, 0.4) is 0 Å². The molecule has 0 atom stereocenters. The molecule has 156 valence electrons. The lowest BCUT2D eigenvalue weighted by atomic mass is 10.1. The summed E-state index contributed by atoms with van der Waals surface area (Å²) in [6.45, 7) is -0.697. The first kappa shape index (κ1) is 20.3. The van der Waals surface area contributed by atoms with Gasteiger partial charge in [-0.15, -0.1) is 0 Å². The van der Waals surface area contributed by atoms with E-state index in [4.69, 9.17) is 9.47 Å². The second-order valence-corrected chi connectivity index (χ2v) is 6.91. The Bertz CT molecular complexity index is 1150. The van der Waals surface area contributed by atoms with Gasteiger partial charge in [-0.2, -0.15) is 0 Å². The maximum atomic E-state index is 14.5. The zero-order chi connectivity index (χ0) is 21.8. The highest BCUT2D eigenvalue weighted by molar-refractivity contribution is 6.11. The smallest absolute Gasteiger partial charge is 0.267 e. The van der Waals surface area contributed by atoms with Crippen LogP contribution in [-0.4, -0.2) is 35.6 Å². The summed E-state index contributed by atoms with van der Waals surface area (Å²) in [5.74, 6) is -2.27. The van der Waals surface area contributed by atoms with Crippen LogP contribution in [0.25, 0.3) is 0 Å². The van der Waals surface area contributed by atoms with Crippen LogP contribution in [0.4, 0.5) is 4.39 Å². The van der Waals surface area contributed by atoms with E-state index in [0.717, 1.165) is 16.5 Å². The van der Waals surface area contributed by atoms with Gasteiger partial charge in [-0.05, 0) is 35.9 Å². The molecule has 31 heavy (non-hydrogen) atoms. The molecule has 0 bridgehead atoms. The van der Waals surface area contributed by atoms with E-state index in [1.54, 1.807) is 18.2 Å². The van der Waals surface area contributed by atoms with Gasteiger partial charge in [0, 0.05) is 5.56 Å². The SMILES string of the molecule is O=C(CN1C(=O)COc2ccccc2C1=O)c1ccc(OCc2ccccc2)c(F)c1. The van der Waals surface area contributed by atoms with Gasteiger partial charge < -0.3 is 9.47 Å². The van der Waals surface area contributed by atoms with E-state index in [-0.39, 0.29) is 35.8 Å². The number of nitrogens with zero attached hydrogens (tertiary/aromatic N) is 1. The Morgan fingerprint density at radius 1 is 1.00 bits per heavy atom. The van der Waals surface area contributed by atoms with E-state index in [1.165, 1.54) is 18.2 Å². The molecule has 0 spiro atoms. The Hall–Kier alpha value is -4.00. The van der Waals surface area contributed by atoms with E-state index in [0.29, 0.717) is 0 Å². The summed E-state index contributed by atoms with van der Waals surface area (Å²) in [7, 11) is 0. The maximum absolute atomic E-state index is 14.5. The van der Waals surface area contributed by atoms with Crippen molar-refractivity contribution in [1.82, 2.24) is 4.90 Å². The third-order valence-corrected chi connectivity index (χ3v) is 4.81. The fraction of sp³-hybridized carbons (Fsp3) is 0.125. The zero-order valence-electron chi connectivity index (χ0n) is 16.4. The molecule has 2 amide bonds. The summed E-state index contributed by atoms with van der Waals surface area (Å²) in [6.07, 6.45) is 0. The number of fused-ring (bicyclic) bond motifs is 1. The summed E-state index contributed by atoms with van der Waals surface area (Å²) >= 11 is 0. The Morgan fingerprint density at radius 3 is 2.52 bits per heavy atom. The van der Waals surface area contributed by atoms with E-state index < -0.39 is 30.0 Å². The lowest BCUT2D eigenvalue weighted by molar-refractivity contribution is -0.129. The molecule has 4 rings (SSSR count). The van der Waals surface area contributed by atoms with Crippen molar-refractivity contribution in [3.05, 3.63) is 95.3 Å². The third kappa shape index (κ3) is 4.45. The van der Waals surface area contributed by atoms with Gasteiger partial charge in [-0.1, -0.05) is 42.5 Å². The first-order chi connectivity index (χ1) is 15.0. The molecule has 7 heteroatoms. The van der Waals surface area contributed by atoms with Gasteiger partial charge in [0.25, 0.3) is 11.8 Å². The average molecular weight is 419 g/mol. The number of para-hydroxylation sites is 1. The van der Waals surface area contributed by atoms with Crippen LogP contribution in [-0.2, 0) is 11.4 Å². The number of benzene rings is 3. The van der Waals surface area contributed by atoms with E-state index in [9.17, 15) is 18.8 Å². The number of rotatable bonds is 6. The summed E-state index contributed by atoms with van der Waals surface area (Å²) in [6, 6.07) is 19.5. The number of ether oxygens (including phenoxy) is 2. The second-order valence-electron chi connectivity index (χ2n) is 6.91. The van der Waals surface area contributed by atoms with Crippen LogP contribution in [0.1, 0.15) is 26.3 Å². The first-order valence-corrected chi connectivity index (χ1v) is 9.59. The molecule has 0 saturated heterocycles. The number of hydrogen-bond acceptors (Lipinski definition) is 5. The van der Waals surface area contributed by atoms with Gasteiger partial charge in [0.1, 0.15) is 12.4 Å². The molecule has 1 aliphatic heterocycles. The van der Waals surface area contributed by atoms with E-state index in [2.05, 4.69) is 0 Å². The molecule has 0 aliphatic carbocycles. The normalized spacial score (nSPS) is 13.3. The van der Waals surface area contributed by atoms with Crippen molar-refractivity contribution in [2.45, 2.75) is 6.61 Å². The zero-order valence-corrected chi connectivity index (χ0v) is 16.4. The number of carbonyl (C=O) groups excluding carboxylic acids is 3. The number of hydrogen-bond donors (Lipinski definition) is 0. The molecule has 0 fully saturated rings. The average Bonchev–Trinajstić information content (AvgIpc) is 2.91. The van der Waals surface area contributed by atoms with Gasteiger partial charge in [-0.25, -0.2) is 4.39 Å². The molecule has 0 aromatic heterocycles. The highest BCUT2D eigenvalue weighted by atomic mass is 19.1. The molecular formula is C24H18FNO5. The Kier molecular flexibility index (Phi) is 5.75. The molecule has 6 nitrogen and oxygen atoms in total. The first-order valence-electron chi connectivity index (χ1n) is 9.59. The summed E-state index contributed by atoms with van der Waals surface area (Å²) in [5, 5.41) is 0. The minimum atomic E-state index is -0.705. The fourth-order valence-corrected chi connectivity index (χ4v) is 3.17. The number of ketones is 1. The standard InChI is InChI=1S/C24H18FNO5/c25-19-12-17(10-11-22(19)30-14-16-6-2-1-3-7-16)20(27)13-26-23(28)15-31-21-9-5-4-8-18(21)24(26)29/h1-12H,13-15H2. The van der Waals surface area contributed by atoms with Gasteiger partial charge in [-0.3, -0.25) is 19.3 Å². The highest BCUT2D eigenvalue weighted by Gasteiger charge is 2.31. The van der Waals surface area contributed by atoms with Crippen molar-refractivity contribution in [1.29, 1.82) is 0 Å². The Balaban J connectivity index is 1.47. The molecule has 0 saturated carbocycles. The highest BCUT2D eigenvalue weighted by Crippen LogP contribution is 2.24. The maximum Gasteiger partial charge on any atom is 0.267 e. The molecule has 0 unspecified atom stereocenters. The quantitative estimate of drug-likeness (QED) is 0.451. The van der Waals surface area contributed by atoms with E-state index in [1.807, 2.05) is 30.3 Å². The van der Waals surface area contributed by atoms with Crippen molar-refractivity contribution in [2.24, 2.45) is 0 Å². The summed E-state index contributed by atoms with van der Waals surface area (Å²) < 4.78 is 25.3. The number of imide groups is 1. The van der Waals surface area contributed by atoms with Crippen LogP contribution in [0, 0.1) is 5.82 Å². The second kappa shape index (κ2) is 8.79. The lowest BCUT2D eigenvalue weighted by Gasteiger charge is -2.17. The number of halogens is 1. The van der Waals surface area contributed by atoms with Crippen molar-refractivity contribution in [3.8, 4) is 11.5 Å².